The Morgan fingerprint density at radius 1 is 0.578 bits per heavy atom. The van der Waals surface area contributed by atoms with Crippen LogP contribution in [0, 0.1) is 0 Å². The molecule has 0 aromatic heterocycles. The number of benzene rings is 4. The third-order valence-electron chi connectivity index (χ3n) is 7.73. The fraction of sp³-hybridized carbons (Fsp3) is 0.308. The van der Waals surface area contributed by atoms with Gasteiger partial charge in [-0.1, -0.05) is 127 Å². The molecular formula is C39H42O6. The molecule has 0 spiro atoms. The molecule has 0 bridgehead atoms. The molecule has 0 unspecified atom stereocenters. The van der Waals surface area contributed by atoms with Crippen LogP contribution >= 0.6 is 0 Å². The second-order valence-corrected chi connectivity index (χ2v) is 11.2. The van der Waals surface area contributed by atoms with Gasteiger partial charge in [-0.15, -0.1) is 0 Å². The minimum Gasteiger partial charge on any atom is -0.374 e. The van der Waals surface area contributed by atoms with Gasteiger partial charge in [0.15, 0.2) is 5.78 Å². The van der Waals surface area contributed by atoms with E-state index in [1.165, 1.54) is 0 Å². The first-order valence-electron chi connectivity index (χ1n) is 15.6. The summed E-state index contributed by atoms with van der Waals surface area (Å²) in [5, 5.41) is 0. The van der Waals surface area contributed by atoms with Gasteiger partial charge in [-0.3, -0.25) is 4.79 Å². The summed E-state index contributed by atoms with van der Waals surface area (Å²) in [7, 11) is 0. The average molecular weight is 607 g/mol. The molecule has 5 atom stereocenters. The summed E-state index contributed by atoms with van der Waals surface area (Å²) >= 11 is 0. The fourth-order valence-corrected chi connectivity index (χ4v) is 5.50. The van der Waals surface area contributed by atoms with Gasteiger partial charge >= 0.3 is 0 Å². The largest absolute Gasteiger partial charge is 0.374 e. The number of carbonyl (C=O) groups excluding carboxylic acids is 1. The lowest BCUT2D eigenvalue weighted by Crippen LogP contribution is -2.61. The molecule has 4 aromatic rings. The minimum absolute atomic E-state index is 0.0368. The highest BCUT2D eigenvalue weighted by molar-refractivity contribution is 5.89. The van der Waals surface area contributed by atoms with Crippen LogP contribution < -0.4 is 0 Å². The zero-order chi connectivity index (χ0) is 31.1. The molecule has 0 N–H and O–H groups in total. The van der Waals surface area contributed by atoms with Crippen molar-refractivity contribution in [2.24, 2.45) is 0 Å². The minimum atomic E-state index is -0.575. The Balaban J connectivity index is 1.45. The van der Waals surface area contributed by atoms with Crippen molar-refractivity contribution >= 4 is 5.78 Å². The first-order chi connectivity index (χ1) is 22.2. The highest BCUT2D eigenvalue weighted by Crippen LogP contribution is 2.32. The summed E-state index contributed by atoms with van der Waals surface area (Å²) in [5.74, 6) is -0.0368. The zero-order valence-corrected chi connectivity index (χ0v) is 25.8. The van der Waals surface area contributed by atoms with Crippen molar-refractivity contribution in [2.75, 3.05) is 6.61 Å². The van der Waals surface area contributed by atoms with Crippen LogP contribution in [-0.4, -0.2) is 42.9 Å². The van der Waals surface area contributed by atoms with Crippen LogP contribution in [0.15, 0.2) is 133 Å². The van der Waals surface area contributed by atoms with E-state index < -0.39 is 30.5 Å². The quantitative estimate of drug-likeness (QED) is 0.125. The van der Waals surface area contributed by atoms with Crippen molar-refractivity contribution in [1.82, 2.24) is 0 Å². The second kappa shape index (κ2) is 17.5. The van der Waals surface area contributed by atoms with Crippen molar-refractivity contribution in [2.45, 2.75) is 70.3 Å². The summed E-state index contributed by atoms with van der Waals surface area (Å²) in [6.07, 6.45) is 0.762. The van der Waals surface area contributed by atoms with Gasteiger partial charge in [0.1, 0.15) is 24.4 Å². The molecule has 1 aliphatic heterocycles. The summed E-state index contributed by atoms with van der Waals surface area (Å²) in [6, 6.07) is 40.1. The zero-order valence-electron chi connectivity index (χ0n) is 25.8. The molecule has 0 radical (unpaired) electrons. The molecule has 45 heavy (non-hydrogen) atoms. The number of carbonyl (C=O) groups is 1. The van der Waals surface area contributed by atoms with Gasteiger partial charge < -0.3 is 23.7 Å². The lowest BCUT2D eigenvalue weighted by Gasteiger charge is -2.46. The molecule has 5 rings (SSSR count). The normalized spacial score (nSPS) is 21.6. The molecule has 4 aromatic carbocycles. The Hall–Kier alpha value is -3.91. The maximum atomic E-state index is 13.0. The fourth-order valence-electron chi connectivity index (χ4n) is 5.50. The third kappa shape index (κ3) is 10.0. The van der Waals surface area contributed by atoms with Gasteiger partial charge in [-0.2, -0.15) is 0 Å². The Morgan fingerprint density at radius 2 is 0.978 bits per heavy atom. The molecule has 1 saturated heterocycles. The standard InChI is InChI=1S/C39H42O6/c1-2-15-34(40)24-35-37(42-26-31-18-9-4-10-19-31)39(44-28-33-22-13-6-14-23-33)38(43-27-32-20-11-5-12-21-32)36(45-35)29-41-25-30-16-7-3-8-17-30/h2-23,35-39H,24-29H2,1H3/b15-2+/t35-,36-,37+,38+,39-/m1/s1. The summed E-state index contributed by atoms with van der Waals surface area (Å²) in [4.78, 5) is 13.0. The van der Waals surface area contributed by atoms with Gasteiger partial charge in [-0.05, 0) is 35.3 Å². The van der Waals surface area contributed by atoms with Crippen LogP contribution in [0.3, 0.4) is 0 Å². The average Bonchev–Trinajstić information content (AvgIpc) is 3.08. The number of ether oxygens (including phenoxy) is 5. The molecule has 0 saturated carbocycles. The molecule has 1 aliphatic rings. The maximum absolute atomic E-state index is 13.0. The van der Waals surface area contributed by atoms with Crippen LogP contribution in [0.5, 0.6) is 0 Å². The number of ketones is 1. The van der Waals surface area contributed by atoms with E-state index in [4.69, 9.17) is 23.7 Å². The van der Waals surface area contributed by atoms with Gasteiger partial charge in [-0.25, -0.2) is 0 Å². The van der Waals surface area contributed by atoms with Crippen LogP contribution in [-0.2, 0) is 54.9 Å². The molecule has 0 amide bonds. The highest BCUT2D eigenvalue weighted by atomic mass is 16.6. The smallest absolute Gasteiger partial charge is 0.158 e. The predicted molar refractivity (Wildman–Crippen MR) is 174 cm³/mol. The SMILES string of the molecule is C/C=C/C(=O)C[C@H]1O[C@H](COCc2ccccc2)[C@H](OCc2ccccc2)[C@H](OCc2ccccc2)[C@H]1OCc1ccccc1. The lowest BCUT2D eigenvalue weighted by atomic mass is 9.91. The molecule has 6 heteroatoms. The molecule has 0 aliphatic carbocycles. The van der Waals surface area contributed by atoms with Gasteiger partial charge in [0.2, 0.25) is 0 Å². The summed E-state index contributed by atoms with van der Waals surface area (Å²) in [5.41, 5.74) is 4.16. The third-order valence-corrected chi connectivity index (χ3v) is 7.73. The van der Waals surface area contributed by atoms with Crippen LogP contribution in [0.2, 0.25) is 0 Å². The van der Waals surface area contributed by atoms with Crippen molar-refractivity contribution in [3.63, 3.8) is 0 Å². The summed E-state index contributed by atoms with van der Waals surface area (Å²) in [6.45, 7) is 3.59. The van der Waals surface area contributed by atoms with Gasteiger partial charge in [0.25, 0.3) is 0 Å². The van der Waals surface area contributed by atoms with E-state index in [-0.39, 0.29) is 18.8 Å². The van der Waals surface area contributed by atoms with E-state index in [0.717, 1.165) is 22.3 Å². The Morgan fingerprint density at radius 3 is 1.42 bits per heavy atom. The number of hydrogen-bond donors (Lipinski definition) is 0. The topological polar surface area (TPSA) is 63.2 Å². The Labute approximate surface area is 266 Å². The Kier molecular flexibility index (Phi) is 12.7. The molecule has 6 nitrogen and oxygen atoms in total. The second-order valence-electron chi connectivity index (χ2n) is 11.2. The van der Waals surface area contributed by atoms with Gasteiger partial charge in [0, 0.05) is 6.42 Å². The number of allylic oxidation sites excluding steroid dienone is 2. The molecule has 1 heterocycles. The van der Waals surface area contributed by atoms with E-state index in [9.17, 15) is 4.79 Å². The van der Waals surface area contributed by atoms with Crippen LogP contribution in [0.4, 0.5) is 0 Å². The predicted octanol–water partition coefficient (Wildman–Crippen LogP) is 7.26. The van der Waals surface area contributed by atoms with Crippen LogP contribution in [0.1, 0.15) is 35.6 Å². The Bertz CT molecular complexity index is 1430. The van der Waals surface area contributed by atoms with Crippen molar-refractivity contribution < 1.29 is 28.5 Å². The van der Waals surface area contributed by atoms with Gasteiger partial charge in [0.05, 0.1) is 39.1 Å². The van der Waals surface area contributed by atoms with Crippen molar-refractivity contribution in [1.29, 1.82) is 0 Å². The molecular weight excluding hydrogens is 564 g/mol. The number of hydrogen-bond acceptors (Lipinski definition) is 6. The first kappa shape index (κ1) is 32.5. The monoisotopic (exact) mass is 606 g/mol. The maximum Gasteiger partial charge on any atom is 0.158 e. The molecule has 234 valence electrons. The molecule has 1 fully saturated rings. The van der Waals surface area contributed by atoms with E-state index in [0.29, 0.717) is 26.4 Å². The van der Waals surface area contributed by atoms with Crippen LogP contribution in [0.25, 0.3) is 0 Å². The highest BCUT2D eigenvalue weighted by Gasteiger charge is 2.48. The number of rotatable bonds is 16. The summed E-state index contributed by atoms with van der Waals surface area (Å²) < 4.78 is 32.9. The van der Waals surface area contributed by atoms with E-state index >= 15 is 0 Å². The van der Waals surface area contributed by atoms with E-state index in [2.05, 4.69) is 0 Å². The van der Waals surface area contributed by atoms with E-state index in [1.54, 1.807) is 12.2 Å². The first-order valence-corrected chi connectivity index (χ1v) is 15.6. The van der Waals surface area contributed by atoms with Crippen molar-refractivity contribution in [3.05, 3.63) is 156 Å². The van der Waals surface area contributed by atoms with Crippen molar-refractivity contribution in [3.8, 4) is 0 Å². The lowest BCUT2D eigenvalue weighted by molar-refractivity contribution is -0.272. The van der Waals surface area contributed by atoms with E-state index in [1.807, 2.05) is 128 Å².